The van der Waals surface area contributed by atoms with Gasteiger partial charge in [0.2, 0.25) is 5.91 Å². The van der Waals surface area contributed by atoms with E-state index >= 15 is 0 Å². The number of ether oxygens (including phenoxy) is 1. The number of allylic oxidation sites excluding steroid dienone is 2. The van der Waals surface area contributed by atoms with Gasteiger partial charge in [-0.25, -0.2) is 0 Å². The van der Waals surface area contributed by atoms with Crippen LogP contribution in [-0.4, -0.2) is 29.7 Å². The average Bonchev–Trinajstić information content (AvgIpc) is 3.22. The Hall–Kier alpha value is -1.52. The number of hydrogen-bond donors (Lipinski definition) is 1. The van der Waals surface area contributed by atoms with E-state index in [0.717, 1.165) is 17.7 Å². The van der Waals surface area contributed by atoms with Crippen molar-refractivity contribution in [2.75, 3.05) is 17.1 Å². The summed E-state index contributed by atoms with van der Waals surface area (Å²) in [6.07, 6.45) is 4.33. The highest BCUT2D eigenvalue weighted by Crippen LogP contribution is 2.49. The summed E-state index contributed by atoms with van der Waals surface area (Å²) in [5.41, 5.74) is 1.85. The molecule has 0 unspecified atom stereocenters. The lowest BCUT2D eigenvalue weighted by molar-refractivity contribution is -0.156. The molecule has 2 bridgehead atoms. The van der Waals surface area contributed by atoms with Crippen LogP contribution < -0.4 is 5.32 Å². The highest BCUT2D eigenvalue weighted by Gasteiger charge is 2.52. The summed E-state index contributed by atoms with van der Waals surface area (Å²) in [6, 6.07) is 7.60. The van der Waals surface area contributed by atoms with Crippen molar-refractivity contribution < 1.29 is 14.3 Å². The summed E-state index contributed by atoms with van der Waals surface area (Å²) in [5, 5.41) is 2.93. The molecule has 0 spiro atoms. The summed E-state index contributed by atoms with van der Waals surface area (Å²) >= 11 is 11.5. The molecule has 0 saturated heterocycles. The number of alkyl halides is 2. The summed E-state index contributed by atoms with van der Waals surface area (Å²) in [4.78, 5) is 25.4. The standard InChI is InChI=1S/C19H21Cl2NO3/c1-11-2-6-14(7-3-11)22-18(23)16-12-4-5-13(8-12)17(16)19(24)25-15(9-20)10-21/h2-7,12-13,15-17H,8-10H2,1H3,(H,22,23)/t12-,13+,16+,17-/m0/s1. The average molecular weight is 382 g/mol. The number of rotatable bonds is 6. The molecule has 1 amide bonds. The zero-order chi connectivity index (χ0) is 18.0. The van der Waals surface area contributed by atoms with Crippen molar-refractivity contribution in [3.8, 4) is 0 Å². The van der Waals surface area contributed by atoms with E-state index in [4.69, 9.17) is 27.9 Å². The fourth-order valence-corrected chi connectivity index (χ4v) is 4.17. The van der Waals surface area contributed by atoms with Gasteiger partial charge in [-0.05, 0) is 37.3 Å². The monoisotopic (exact) mass is 381 g/mol. The lowest BCUT2D eigenvalue weighted by atomic mass is 9.82. The maximum Gasteiger partial charge on any atom is 0.310 e. The van der Waals surface area contributed by atoms with E-state index in [-0.39, 0.29) is 35.5 Å². The Morgan fingerprint density at radius 3 is 2.32 bits per heavy atom. The lowest BCUT2D eigenvalue weighted by Gasteiger charge is -2.27. The van der Waals surface area contributed by atoms with Gasteiger partial charge in [0.25, 0.3) is 0 Å². The summed E-state index contributed by atoms with van der Waals surface area (Å²) in [7, 11) is 0. The molecule has 0 radical (unpaired) electrons. The molecule has 1 fully saturated rings. The zero-order valence-corrected chi connectivity index (χ0v) is 15.5. The second-order valence-corrected chi connectivity index (χ2v) is 7.34. The largest absolute Gasteiger partial charge is 0.460 e. The summed E-state index contributed by atoms with van der Waals surface area (Å²) < 4.78 is 5.42. The van der Waals surface area contributed by atoms with Crippen LogP contribution >= 0.6 is 23.2 Å². The minimum absolute atomic E-state index is 0.0394. The van der Waals surface area contributed by atoms with E-state index in [1.54, 1.807) is 0 Å². The molecule has 3 rings (SSSR count). The molecule has 0 heterocycles. The van der Waals surface area contributed by atoms with E-state index in [1.165, 1.54) is 0 Å². The van der Waals surface area contributed by atoms with Crippen LogP contribution in [0.15, 0.2) is 36.4 Å². The first kappa shape index (κ1) is 18.3. The molecule has 1 saturated carbocycles. The molecule has 2 aliphatic carbocycles. The van der Waals surface area contributed by atoms with E-state index in [1.807, 2.05) is 43.3 Å². The third-order valence-corrected chi connectivity index (χ3v) is 5.67. The van der Waals surface area contributed by atoms with Crippen molar-refractivity contribution in [3.63, 3.8) is 0 Å². The Kier molecular flexibility index (Phi) is 5.70. The molecule has 4 nitrogen and oxygen atoms in total. The number of aryl methyl sites for hydroxylation is 1. The van der Waals surface area contributed by atoms with Gasteiger partial charge in [-0.15, -0.1) is 23.2 Å². The minimum atomic E-state index is -0.528. The number of carbonyl (C=O) groups is 2. The number of benzene rings is 1. The van der Waals surface area contributed by atoms with Gasteiger partial charge in [-0.2, -0.15) is 0 Å². The van der Waals surface area contributed by atoms with Gasteiger partial charge < -0.3 is 10.1 Å². The second kappa shape index (κ2) is 7.79. The van der Waals surface area contributed by atoms with Gasteiger partial charge in [0.15, 0.2) is 0 Å². The zero-order valence-electron chi connectivity index (χ0n) is 14.0. The second-order valence-electron chi connectivity index (χ2n) is 6.72. The van der Waals surface area contributed by atoms with E-state index < -0.39 is 17.9 Å². The first-order chi connectivity index (χ1) is 12.0. The molecule has 0 aliphatic heterocycles. The molecule has 0 aromatic heterocycles. The smallest absolute Gasteiger partial charge is 0.310 e. The normalized spacial score (nSPS) is 26.9. The fourth-order valence-electron chi connectivity index (χ4n) is 3.71. The highest BCUT2D eigenvalue weighted by molar-refractivity contribution is 6.21. The van der Waals surface area contributed by atoms with Crippen LogP contribution in [0, 0.1) is 30.6 Å². The van der Waals surface area contributed by atoms with E-state index in [9.17, 15) is 9.59 Å². The number of amides is 1. The Labute approximate surface area is 157 Å². The predicted octanol–water partition coefficient (Wildman–Crippen LogP) is 3.76. The van der Waals surface area contributed by atoms with Crippen molar-refractivity contribution >= 4 is 40.8 Å². The van der Waals surface area contributed by atoms with Crippen molar-refractivity contribution in [2.24, 2.45) is 23.7 Å². The van der Waals surface area contributed by atoms with Crippen LogP contribution in [0.1, 0.15) is 12.0 Å². The molecule has 2 aliphatic rings. The van der Waals surface area contributed by atoms with Gasteiger partial charge in [0.05, 0.1) is 23.6 Å². The maximum atomic E-state index is 12.8. The van der Waals surface area contributed by atoms with Crippen molar-refractivity contribution in [2.45, 2.75) is 19.4 Å². The van der Waals surface area contributed by atoms with Gasteiger partial charge in [0.1, 0.15) is 6.10 Å². The number of nitrogens with one attached hydrogen (secondary N) is 1. The third kappa shape index (κ3) is 3.85. The number of esters is 1. The van der Waals surface area contributed by atoms with Crippen LogP contribution in [0.3, 0.4) is 0 Å². The SMILES string of the molecule is Cc1ccc(NC(=O)[C@H]2[C@@H](C(=O)OC(CCl)CCl)[C@@H]3C=C[C@H]2C3)cc1. The van der Waals surface area contributed by atoms with Gasteiger partial charge in [-0.1, -0.05) is 29.8 Å². The third-order valence-electron chi connectivity index (χ3n) is 4.98. The molecule has 1 N–H and O–H groups in total. The maximum absolute atomic E-state index is 12.8. The molecule has 6 heteroatoms. The van der Waals surface area contributed by atoms with Gasteiger partial charge in [0, 0.05) is 5.69 Å². The summed E-state index contributed by atoms with van der Waals surface area (Å²) in [5.74, 6) is -1.03. The Morgan fingerprint density at radius 1 is 1.12 bits per heavy atom. The van der Waals surface area contributed by atoms with E-state index in [2.05, 4.69) is 5.32 Å². The van der Waals surface area contributed by atoms with Gasteiger partial charge >= 0.3 is 5.97 Å². The van der Waals surface area contributed by atoms with Crippen LogP contribution in [-0.2, 0) is 14.3 Å². The number of halogens is 2. The van der Waals surface area contributed by atoms with Crippen LogP contribution in [0.25, 0.3) is 0 Å². The van der Waals surface area contributed by atoms with Crippen molar-refractivity contribution in [1.29, 1.82) is 0 Å². The molecule has 4 atom stereocenters. The predicted molar refractivity (Wildman–Crippen MR) is 98.8 cm³/mol. The molecule has 25 heavy (non-hydrogen) atoms. The van der Waals surface area contributed by atoms with Crippen molar-refractivity contribution in [1.82, 2.24) is 0 Å². The quantitative estimate of drug-likeness (QED) is 0.463. The van der Waals surface area contributed by atoms with Crippen LogP contribution in [0.5, 0.6) is 0 Å². The van der Waals surface area contributed by atoms with Crippen LogP contribution in [0.4, 0.5) is 5.69 Å². The first-order valence-corrected chi connectivity index (χ1v) is 9.48. The fraction of sp³-hybridized carbons (Fsp3) is 0.474. The minimum Gasteiger partial charge on any atom is -0.460 e. The van der Waals surface area contributed by atoms with E-state index in [0.29, 0.717) is 0 Å². The summed E-state index contributed by atoms with van der Waals surface area (Å²) in [6.45, 7) is 1.99. The Balaban J connectivity index is 1.73. The lowest BCUT2D eigenvalue weighted by Crippen LogP contribution is -2.39. The van der Waals surface area contributed by atoms with Crippen molar-refractivity contribution in [3.05, 3.63) is 42.0 Å². The highest BCUT2D eigenvalue weighted by atomic mass is 35.5. The number of hydrogen-bond acceptors (Lipinski definition) is 3. The molecule has 1 aromatic carbocycles. The Bertz CT molecular complexity index is 670. The number of fused-ring (bicyclic) bond motifs is 2. The topological polar surface area (TPSA) is 55.4 Å². The molecular formula is C19H21Cl2NO3. The number of anilines is 1. The Morgan fingerprint density at radius 2 is 1.72 bits per heavy atom. The van der Waals surface area contributed by atoms with Crippen LogP contribution in [0.2, 0.25) is 0 Å². The number of carbonyl (C=O) groups excluding carboxylic acids is 2. The molecule has 1 aromatic rings. The first-order valence-electron chi connectivity index (χ1n) is 8.41. The molecular weight excluding hydrogens is 361 g/mol. The van der Waals surface area contributed by atoms with Gasteiger partial charge in [-0.3, -0.25) is 9.59 Å². The molecule has 134 valence electrons.